The van der Waals surface area contributed by atoms with E-state index in [0.29, 0.717) is 5.92 Å². The average molecular weight is 328 g/mol. The van der Waals surface area contributed by atoms with E-state index in [0.717, 1.165) is 9.52 Å². The van der Waals surface area contributed by atoms with Crippen LogP contribution in [0.4, 0.5) is 0 Å². The summed E-state index contributed by atoms with van der Waals surface area (Å²) in [5.74, 6) is 0.551. The van der Waals surface area contributed by atoms with Gasteiger partial charge in [0, 0.05) is 9.52 Å². The third-order valence-corrected chi connectivity index (χ3v) is 1.54. The first-order valence-corrected chi connectivity index (χ1v) is 6.45. The first kappa shape index (κ1) is 24.4. The number of hydrogen-bond acceptors (Lipinski definition) is 0. The Bertz CT molecular complexity index is 161. The number of rotatable bonds is 0. The van der Waals surface area contributed by atoms with Crippen molar-refractivity contribution in [1.29, 1.82) is 0 Å². The Kier molecular flexibility index (Phi) is 24.7. The summed E-state index contributed by atoms with van der Waals surface area (Å²) in [4.78, 5) is 0. The van der Waals surface area contributed by atoms with Crippen LogP contribution in [-0.4, -0.2) is 9.52 Å². The summed E-state index contributed by atoms with van der Waals surface area (Å²) in [5, 5.41) is 0. The number of hydrogen-bond donors (Lipinski definition) is 0. The van der Waals surface area contributed by atoms with Gasteiger partial charge in [-0.1, -0.05) is 32.9 Å². The van der Waals surface area contributed by atoms with Crippen LogP contribution in [-0.2, 0) is 26.2 Å². The maximum atomic E-state index is 3.29. The van der Waals surface area contributed by atoms with Gasteiger partial charge in [0.15, 0.2) is 0 Å². The molecule has 0 fully saturated rings. The Balaban J connectivity index is -0.0000000758. The molecule has 0 saturated heterocycles. The maximum absolute atomic E-state index is 3.29. The second-order valence-corrected chi connectivity index (χ2v) is 4.14. The van der Waals surface area contributed by atoms with E-state index in [1.54, 1.807) is 0 Å². The van der Waals surface area contributed by atoms with Crippen molar-refractivity contribution in [3.05, 3.63) is 23.3 Å². The minimum atomic E-state index is 0. The molecule has 1 aliphatic rings. The molecule has 2 radical (unpaired) electrons. The first-order valence-electron chi connectivity index (χ1n) is 4.14. The van der Waals surface area contributed by atoms with Crippen LogP contribution in [0.15, 0.2) is 17.2 Å². The SMILES string of the molecule is CC1=[C-]C(C)C=C1C.C[SiH]C.[Cl-].[Cl-].[Zr+3]. The van der Waals surface area contributed by atoms with Crippen LogP contribution in [0.25, 0.3) is 0 Å². The van der Waals surface area contributed by atoms with Gasteiger partial charge in [-0.25, -0.2) is 11.1 Å². The van der Waals surface area contributed by atoms with Crippen molar-refractivity contribution in [3.8, 4) is 0 Å². The minimum absolute atomic E-state index is 0. The van der Waals surface area contributed by atoms with Crippen LogP contribution >= 0.6 is 0 Å². The number of halogens is 2. The third-order valence-electron chi connectivity index (χ3n) is 1.54. The second kappa shape index (κ2) is 14.2. The minimum Gasteiger partial charge on any atom is -1.00 e. The van der Waals surface area contributed by atoms with Crippen LogP contribution in [0.1, 0.15) is 20.8 Å². The molecule has 0 amide bonds. The predicted molar refractivity (Wildman–Crippen MR) is 54.2 cm³/mol. The fraction of sp³-hybridized carbons (Fsp3) is 0.600. The van der Waals surface area contributed by atoms with Crippen LogP contribution in [0, 0.1) is 12.0 Å². The monoisotopic (exact) mass is 326 g/mol. The molecular formula is C10H18Cl2SiZr. The van der Waals surface area contributed by atoms with E-state index in [4.69, 9.17) is 0 Å². The molecule has 0 bridgehead atoms. The van der Waals surface area contributed by atoms with Crippen LogP contribution in [0.3, 0.4) is 0 Å². The van der Waals surface area contributed by atoms with E-state index < -0.39 is 0 Å². The third kappa shape index (κ3) is 11.2. The molecule has 1 atom stereocenters. The summed E-state index contributed by atoms with van der Waals surface area (Å²) in [7, 11) is 0.750. The van der Waals surface area contributed by atoms with E-state index in [2.05, 4.69) is 46.0 Å². The summed E-state index contributed by atoms with van der Waals surface area (Å²) in [6.45, 7) is 10.8. The Morgan fingerprint density at radius 2 is 1.57 bits per heavy atom. The second-order valence-electron chi connectivity index (χ2n) is 2.99. The van der Waals surface area contributed by atoms with Gasteiger partial charge in [-0.15, -0.1) is 6.92 Å². The van der Waals surface area contributed by atoms with Gasteiger partial charge in [-0.05, 0) is 0 Å². The average Bonchev–Trinajstić information content (AvgIpc) is 2.12. The quantitative estimate of drug-likeness (QED) is 0.326. The molecule has 0 aromatic heterocycles. The Labute approximate surface area is 123 Å². The van der Waals surface area contributed by atoms with E-state index in [-0.39, 0.29) is 51.0 Å². The summed E-state index contributed by atoms with van der Waals surface area (Å²) >= 11 is 0. The fourth-order valence-electron chi connectivity index (χ4n) is 0.997. The number of allylic oxidation sites excluding steroid dienone is 4. The van der Waals surface area contributed by atoms with Crippen molar-refractivity contribution in [2.75, 3.05) is 0 Å². The van der Waals surface area contributed by atoms with Crippen molar-refractivity contribution in [2.24, 2.45) is 5.92 Å². The van der Waals surface area contributed by atoms with Gasteiger partial charge in [0.2, 0.25) is 0 Å². The maximum Gasteiger partial charge on any atom is 3.00 e. The van der Waals surface area contributed by atoms with E-state index in [1.807, 2.05) is 0 Å². The molecule has 0 heterocycles. The molecule has 0 aliphatic heterocycles. The fourth-order valence-corrected chi connectivity index (χ4v) is 0.997. The van der Waals surface area contributed by atoms with Crippen LogP contribution in [0.2, 0.25) is 13.1 Å². The molecule has 80 valence electrons. The summed E-state index contributed by atoms with van der Waals surface area (Å²) in [6.07, 6.45) is 5.52. The van der Waals surface area contributed by atoms with Gasteiger partial charge >= 0.3 is 26.2 Å². The molecule has 1 unspecified atom stereocenters. The topological polar surface area (TPSA) is 0 Å². The molecule has 0 nitrogen and oxygen atoms in total. The Morgan fingerprint density at radius 1 is 1.21 bits per heavy atom. The first-order chi connectivity index (χ1) is 5.11. The summed E-state index contributed by atoms with van der Waals surface area (Å²) in [5.41, 5.74) is 2.70. The van der Waals surface area contributed by atoms with Gasteiger partial charge in [0.25, 0.3) is 0 Å². The molecule has 4 heteroatoms. The van der Waals surface area contributed by atoms with Crippen LogP contribution < -0.4 is 24.8 Å². The zero-order valence-corrected chi connectivity index (χ0v) is 14.6. The van der Waals surface area contributed by atoms with E-state index in [9.17, 15) is 0 Å². The summed E-state index contributed by atoms with van der Waals surface area (Å²) in [6, 6.07) is 0. The van der Waals surface area contributed by atoms with Crippen LogP contribution in [0.5, 0.6) is 0 Å². The smallest absolute Gasteiger partial charge is 1.00 e. The van der Waals surface area contributed by atoms with Crippen molar-refractivity contribution < 1.29 is 51.0 Å². The summed E-state index contributed by atoms with van der Waals surface area (Å²) < 4.78 is 0. The van der Waals surface area contributed by atoms with Crippen molar-refractivity contribution >= 4 is 9.52 Å². The van der Waals surface area contributed by atoms with Gasteiger partial charge in [0.1, 0.15) is 0 Å². The van der Waals surface area contributed by atoms with Gasteiger partial charge < -0.3 is 24.8 Å². The molecule has 0 aromatic carbocycles. The zero-order chi connectivity index (χ0) is 8.85. The van der Waals surface area contributed by atoms with Gasteiger partial charge in [-0.3, -0.25) is 6.08 Å². The molecule has 14 heavy (non-hydrogen) atoms. The Morgan fingerprint density at radius 3 is 1.64 bits per heavy atom. The molecule has 1 rings (SSSR count). The molecular weight excluding hydrogens is 310 g/mol. The molecule has 0 saturated carbocycles. The van der Waals surface area contributed by atoms with Gasteiger partial charge in [-0.2, -0.15) is 6.08 Å². The standard InChI is InChI=1S/C8H11.C2H7Si.2ClH.Zr/c1-6-4-7(2)8(3)5-6;1-3-2;;;/h4,6H,1-3H3;3H,1-2H3;2*1H;/q-1;;;;+3/p-2. The molecule has 0 N–H and O–H groups in total. The normalized spacial score (nSPS) is 17.1. The van der Waals surface area contributed by atoms with E-state index >= 15 is 0 Å². The van der Waals surface area contributed by atoms with Gasteiger partial charge in [0.05, 0.1) is 0 Å². The zero-order valence-electron chi connectivity index (χ0n) is 9.49. The van der Waals surface area contributed by atoms with Crippen molar-refractivity contribution in [2.45, 2.75) is 33.9 Å². The van der Waals surface area contributed by atoms with E-state index in [1.165, 1.54) is 11.1 Å². The predicted octanol–water partition coefficient (Wildman–Crippen LogP) is -3.14. The Hall–Kier alpha value is 1.16. The van der Waals surface area contributed by atoms with Crippen molar-refractivity contribution in [3.63, 3.8) is 0 Å². The van der Waals surface area contributed by atoms with Crippen molar-refractivity contribution in [1.82, 2.24) is 0 Å². The largest absolute Gasteiger partial charge is 3.00 e. The molecule has 0 aromatic rings. The molecule has 0 spiro atoms. The molecule has 1 aliphatic carbocycles.